The van der Waals surface area contributed by atoms with Gasteiger partial charge in [0.1, 0.15) is 0 Å². The summed E-state index contributed by atoms with van der Waals surface area (Å²) in [5.74, 6) is 0. The van der Waals surface area contributed by atoms with Gasteiger partial charge >= 0.3 is 0 Å². The zero-order valence-corrected chi connectivity index (χ0v) is 13.2. The Morgan fingerprint density at radius 3 is 2.65 bits per heavy atom. The standard InChI is InChI=1S/C11H17N5O2S2/c1-4-9-7(3)19-11(13-9)16-20(17,18)10-8(5-12)6(2)14-15-10/h4-5,12H2,1-3H3,(H,13,16)(H,14,15). The highest BCUT2D eigenvalue weighted by Gasteiger charge is 2.24. The summed E-state index contributed by atoms with van der Waals surface area (Å²) in [4.78, 5) is 5.26. The number of thiazole rings is 1. The average molecular weight is 315 g/mol. The number of rotatable bonds is 5. The molecular weight excluding hydrogens is 298 g/mol. The van der Waals surface area contributed by atoms with Gasteiger partial charge in [-0.3, -0.25) is 9.82 Å². The van der Waals surface area contributed by atoms with Gasteiger partial charge in [0.05, 0.1) is 5.69 Å². The first kappa shape index (κ1) is 14.9. The number of nitrogens with two attached hydrogens (primary N) is 1. The summed E-state index contributed by atoms with van der Waals surface area (Å²) >= 11 is 1.31. The molecule has 0 spiro atoms. The quantitative estimate of drug-likeness (QED) is 0.769. The molecule has 4 N–H and O–H groups in total. The van der Waals surface area contributed by atoms with Gasteiger partial charge in [-0.15, -0.1) is 11.3 Å². The Morgan fingerprint density at radius 2 is 2.10 bits per heavy atom. The number of aromatic nitrogens is 3. The molecule has 110 valence electrons. The normalized spacial score (nSPS) is 11.8. The molecule has 20 heavy (non-hydrogen) atoms. The largest absolute Gasteiger partial charge is 0.326 e. The molecule has 0 amide bonds. The fraction of sp³-hybridized carbons (Fsp3) is 0.455. The van der Waals surface area contributed by atoms with E-state index in [-0.39, 0.29) is 11.6 Å². The van der Waals surface area contributed by atoms with Crippen molar-refractivity contribution in [1.29, 1.82) is 0 Å². The van der Waals surface area contributed by atoms with Crippen molar-refractivity contribution in [2.75, 3.05) is 4.72 Å². The highest BCUT2D eigenvalue weighted by Crippen LogP contribution is 2.25. The van der Waals surface area contributed by atoms with Crippen LogP contribution in [0.4, 0.5) is 5.13 Å². The summed E-state index contributed by atoms with van der Waals surface area (Å²) < 4.78 is 27.1. The molecule has 2 aromatic heterocycles. The number of nitrogens with zero attached hydrogens (tertiary/aromatic N) is 2. The molecule has 0 aromatic carbocycles. The molecule has 0 atom stereocenters. The summed E-state index contributed by atoms with van der Waals surface area (Å²) in [6.45, 7) is 5.73. The first-order valence-corrected chi connectivity index (χ1v) is 8.42. The van der Waals surface area contributed by atoms with Gasteiger partial charge in [-0.1, -0.05) is 6.92 Å². The molecular formula is C11H17N5O2S2. The van der Waals surface area contributed by atoms with Crippen molar-refractivity contribution in [2.24, 2.45) is 5.73 Å². The molecule has 9 heteroatoms. The first-order chi connectivity index (χ1) is 9.39. The molecule has 0 radical (unpaired) electrons. The van der Waals surface area contributed by atoms with E-state index in [1.807, 2.05) is 13.8 Å². The van der Waals surface area contributed by atoms with Gasteiger partial charge < -0.3 is 5.73 Å². The molecule has 2 heterocycles. The van der Waals surface area contributed by atoms with E-state index in [1.165, 1.54) is 11.3 Å². The van der Waals surface area contributed by atoms with Crippen LogP contribution in [0.15, 0.2) is 5.03 Å². The van der Waals surface area contributed by atoms with Crippen LogP contribution < -0.4 is 10.5 Å². The van der Waals surface area contributed by atoms with Gasteiger partial charge in [-0.05, 0) is 20.3 Å². The van der Waals surface area contributed by atoms with Gasteiger partial charge in [0.15, 0.2) is 5.13 Å². The topological polar surface area (TPSA) is 114 Å². The van der Waals surface area contributed by atoms with Crippen LogP contribution in [0, 0.1) is 13.8 Å². The minimum atomic E-state index is -3.77. The molecule has 0 unspecified atom stereocenters. The third kappa shape index (κ3) is 2.69. The van der Waals surface area contributed by atoms with E-state index in [9.17, 15) is 8.42 Å². The Labute approximate surface area is 121 Å². The lowest BCUT2D eigenvalue weighted by Gasteiger charge is -2.04. The van der Waals surface area contributed by atoms with Crippen molar-refractivity contribution in [1.82, 2.24) is 15.2 Å². The Hall–Kier alpha value is -1.45. The zero-order chi connectivity index (χ0) is 14.9. The van der Waals surface area contributed by atoms with Crippen molar-refractivity contribution in [2.45, 2.75) is 38.8 Å². The van der Waals surface area contributed by atoms with Crippen LogP contribution in [0.25, 0.3) is 0 Å². The lowest BCUT2D eigenvalue weighted by molar-refractivity contribution is 0.595. The minimum Gasteiger partial charge on any atom is -0.326 e. The lowest BCUT2D eigenvalue weighted by Crippen LogP contribution is -2.16. The SMILES string of the molecule is CCc1nc(NS(=O)(=O)c2n[nH]c(C)c2CN)sc1C. The Kier molecular flexibility index (Phi) is 4.11. The molecule has 2 rings (SSSR count). The van der Waals surface area contributed by atoms with E-state index in [2.05, 4.69) is 19.9 Å². The Morgan fingerprint density at radius 1 is 1.40 bits per heavy atom. The van der Waals surface area contributed by atoms with Crippen molar-refractivity contribution in [3.8, 4) is 0 Å². The summed E-state index contributed by atoms with van der Waals surface area (Å²) in [5.41, 5.74) is 7.60. The van der Waals surface area contributed by atoms with E-state index in [0.29, 0.717) is 16.4 Å². The maximum Gasteiger partial charge on any atom is 0.283 e. The van der Waals surface area contributed by atoms with Crippen molar-refractivity contribution < 1.29 is 8.42 Å². The number of aryl methyl sites for hydroxylation is 3. The van der Waals surface area contributed by atoms with Crippen LogP contribution in [-0.2, 0) is 23.0 Å². The summed E-state index contributed by atoms with van der Waals surface area (Å²) in [6, 6.07) is 0. The van der Waals surface area contributed by atoms with Gasteiger partial charge in [0.2, 0.25) is 5.03 Å². The predicted octanol–water partition coefficient (Wildman–Crippen LogP) is 1.30. The number of aromatic amines is 1. The number of hydrogen-bond acceptors (Lipinski definition) is 6. The molecule has 0 saturated heterocycles. The van der Waals surface area contributed by atoms with Crippen LogP contribution in [0.2, 0.25) is 0 Å². The van der Waals surface area contributed by atoms with E-state index in [0.717, 1.165) is 17.0 Å². The fourth-order valence-electron chi connectivity index (χ4n) is 1.86. The van der Waals surface area contributed by atoms with Crippen LogP contribution in [-0.4, -0.2) is 23.6 Å². The Balaban J connectivity index is 2.35. The van der Waals surface area contributed by atoms with Crippen molar-refractivity contribution >= 4 is 26.5 Å². The lowest BCUT2D eigenvalue weighted by atomic mass is 10.3. The monoisotopic (exact) mass is 315 g/mol. The predicted molar refractivity (Wildman–Crippen MR) is 78.3 cm³/mol. The fourth-order valence-corrected chi connectivity index (χ4v) is 4.20. The molecule has 0 aliphatic carbocycles. The third-order valence-corrected chi connectivity index (χ3v) is 5.31. The van der Waals surface area contributed by atoms with Crippen LogP contribution in [0.5, 0.6) is 0 Å². The second-order valence-electron chi connectivity index (χ2n) is 4.32. The summed E-state index contributed by atoms with van der Waals surface area (Å²) in [6.07, 6.45) is 0.764. The van der Waals surface area contributed by atoms with E-state index in [1.54, 1.807) is 6.92 Å². The number of hydrogen-bond donors (Lipinski definition) is 3. The number of anilines is 1. The first-order valence-electron chi connectivity index (χ1n) is 6.12. The average Bonchev–Trinajstić information content (AvgIpc) is 2.91. The highest BCUT2D eigenvalue weighted by atomic mass is 32.2. The smallest absolute Gasteiger partial charge is 0.283 e. The second kappa shape index (κ2) is 5.51. The van der Waals surface area contributed by atoms with E-state index in [4.69, 9.17) is 5.73 Å². The number of sulfonamides is 1. The molecule has 0 bridgehead atoms. The van der Waals surface area contributed by atoms with Crippen LogP contribution in [0.1, 0.15) is 28.8 Å². The zero-order valence-electron chi connectivity index (χ0n) is 11.5. The maximum absolute atomic E-state index is 12.3. The van der Waals surface area contributed by atoms with Gasteiger partial charge in [-0.25, -0.2) is 4.98 Å². The molecule has 2 aromatic rings. The third-order valence-electron chi connectivity index (χ3n) is 2.94. The van der Waals surface area contributed by atoms with Crippen LogP contribution in [0.3, 0.4) is 0 Å². The van der Waals surface area contributed by atoms with Crippen LogP contribution >= 0.6 is 11.3 Å². The second-order valence-corrected chi connectivity index (χ2v) is 7.12. The van der Waals surface area contributed by atoms with E-state index >= 15 is 0 Å². The van der Waals surface area contributed by atoms with Gasteiger partial charge in [0.25, 0.3) is 10.0 Å². The number of H-pyrrole nitrogens is 1. The Bertz CT molecular complexity index is 717. The maximum atomic E-state index is 12.3. The summed E-state index contributed by atoms with van der Waals surface area (Å²) in [5, 5.41) is 6.75. The van der Waals surface area contributed by atoms with Gasteiger partial charge in [0, 0.05) is 22.7 Å². The van der Waals surface area contributed by atoms with E-state index < -0.39 is 10.0 Å². The number of nitrogens with one attached hydrogen (secondary N) is 2. The van der Waals surface area contributed by atoms with Crippen molar-refractivity contribution in [3.05, 3.63) is 21.8 Å². The summed E-state index contributed by atoms with van der Waals surface area (Å²) in [7, 11) is -3.77. The molecule has 7 nitrogen and oxygen atoms in total. The van der Waals surface area contributed by atoms with Crippen molar-refractivity contribution in [3.63, 3.8) is 0 Å². The minimum absolute atomic E-state index is 0.0663. The molecule has 0 aliphatic rings. The van der Waals surface area contributed by atoms with Gasteiger partial charge in [-0.2, -0.15) is 13.5 Å². The highest BCUT2D eigenvalue weighted by molar-refractivity contribution is 7.92. The molecule has 0 fully saturated rings. The molecule has 0 aliphatic heterocycles. The molecule has 0 saturated carbocycles.